The van der Waals surface area contributed by atoms with Crippen molar-refractivity contribution in [2.24, 2.45) is 0 Å². The van der Waals surface area contributed by atoms with Gasteiger partial charge in [0.05, 0.1) is 5.56 Å². The first-order chi connectivity index (χ1) is 14.8. The molecule has 0 spiro atoms. The highest BCUT2D eigenvalue weighted by Crippen LogP contribution is 2.23. The molecule has 1 amide bonds. The van der Waals surface area contributed by atoms with Crippen LogP contribution in [0.2, 0.25) is 0 Å². The lowest BCUT2D eigenvalue weighted by atomic mass is 10.1. The number of hydrogen-bond donors (Lipinski definition) is 1. The molecule has 31 heavy (non-hydrogen) atoms. The number of ketones is 1. The molecule has 0 aliphatic heterocycles. The summed E-state index contributed by atoms with van der Waals surface area (Å²) >= 11 is 0. The topological polar surface area (TPSA) is 75.7 Å². The van der Waals surface area contributed by atoms with Crippen LogP contribution in [0.25, 0.3) is 0 Å². The summed E-state index contributed by atoms with van der Waals surface area (Å²) in [5, 5.41) is 2.74. The van der Waals surface area contributed by atoms with E-state index in [-0.39, 0.29) is 5.78 Å². The molecule has 0 aliphatic rings. The molecule has 3 aromatic rings. The summed E-state index contributed by atoms with van der Waals surface area (Å²) in [6.45, 7) is 1.46. The first-order valence-corrected chi connectivity index (χ1v) is 9.80. The second-order valence-electron chi connectivity index (χ2n) is 7.26. The van der Waals surface area contributed by atoms with Crippen molar-refractivity contribution in [2.45, 2.75) is 13.0 Å². The molecule has 3 aromatic carbocycles. The molecule has 1 atom stereocenters. The zero-order chi connectivity index (χ0) is 22.4. The third-order valence-corrected chi connectivity index (χ3v) is 4.72. The van der Waals surface area contributed by atoms with Crippen LogP contribution in [0.1, 0.15) is 39.3 Å². The Hall–Kier alpha value is -3.93. The Bertz CT molecular complexity index is 1080. The Balaban J connectivity index is 1.83. The molecular formula is C25H24N2O4. The molecule has 0 bridgehead atoms. The number of carbonyl (C=O) groups is 3. The molecule has 0 heterocycles. The average Bonchev–Trinajstić information content (AvgIpc) is 2.78. The Labute approximate surface area is 181 Å². The van der Waals surface area contributed by atoms with Crippen LogP contribution >= 0.6 is 0 Å². The van der Waals surface area contributed by atoms with Crippen molar-refractivity contribution in [3.05, 3.63) is 95.6 Å². The zero-order valence-electron chi connectivity index (χ0n) is 17.7. The van der Waals surface area contributed by atoms with Gasteiger partial charge in [0.1, 0.15) is 0 Å². The highest BCUT2D eigenvalue weighted by molar-refractivity contribution is 6.00. The van der Waals surface area contributed by atoms with Crippen LogP contribution in [0, 0.1) is 0 Å². The van der Waals surface area contributed by atoms with Crippen LogP contribution < -0.4 is 10.2 Å². The number of carbonyl (C=O) groups excluding carboxylic acids is 3. The third-order valence-electron chi connectivity index (χ3n) is 4.72. The van der Waals surface area contributed by atoms with E-state index in [1.165, 1.54) is 6.92 Å². The fraction of sp³-hybridized carbons (Fsp3) is 0.160. The van der Waals surface area contributed by atoms with E-state index < -0.39 is 18.0 Å². The molecule has 3 rings (SSSR count). The second-order valence-corrected chi connectivity index (χ2v) is 7.26. The number of rotatable bonds is 7. The van der Waals surface area contributed by atoms with Crippen molar-refractivity contribution in [2.75, 3.05) is 24.3 Å². The molecule has 0 fully saturated rings. The van der Waals surface area contributed by atoms with E-state index in [0.717, 1.165) is 5.69 Å². The summed E-state index contributed by atoms with van der Waals surface area (Å²) in [7, 11) is 3.81. The smallest absolute Gasteiger partial charge is 0.339 e. The fourth-order valence-electron chi connectivity index (χ4n) is 3.00. The van der Waals surface area contributed by atoms with E-state index in [1.54, 1.807) is 72.8 Å². The molecule has 0 unspecified atom stereocenters. The third kappa shape index (κ3) is 5.57. The van der Waals surface area contributed by atoms with Gasteiger partial charge in [-0.1, -0.05) is 42.5 Å². The van der Waals surface area contributed by atoms with Crippen molar-refractivity contribution in [3.8, 4) is 0 Å². The maximum atomic E-state index is 13.0. The van der Waals surface area contributed by atoms with Crippen molar-refractivity contribution in [3.63, 3.8) is 0 Å². The van der Waals surface area contributed by atoms with E-state index >= 15 is 0 Å². The van der Waals surface area contributed by atoms with Crippen LogP contribution in [-0.2, 0) is 9.53 Å². The first-order valence-electron chi connectivity index (χ1n) is 9.80. The number of ether oxygens (including phenoxy) is 1. The molecule has 6 heteroatoms. The van der Waals surface area contributed by atoms with Gasteiger partial charge < -0.3 is 15.0 Å². The normalized spacial score (nSPS) is 11.3. The summed E-state index contributed by atoms with van der Waals surface area (Å²) in [6, 6.07) is 22.3. The van der Waals surface area contributed by atoms with E-state index in [0.29, 0.717) is 22.4 Å². The maximum absolute atomic E-state index is 13.0. The van der Waals surface area contributed by atoms with Crippen molar-refractivity contribution in [1.29, 1.82) is 0 Å². The Morgan fingerprint density at radius 3 is 2.13 bits per heavy atom. The molecule has 158 valence electrons. The van der Waals surface area contributed by atoms with Crippen LogP contribution in [0.3, 0.4) is 0 Å². The van der Waals surface area contributed by atoms with Gasteiger partial charge >= 0.3 is 5.97 Å². The first kappa shape index (κ1) is 21.8. The Morgan fingerprint density at radius 1 is 0.839 bits per heavy atom. The summed E-state index contributed by atoms with van der Waals surface area (Å²) in [4.78, 5) is 39.3. The van der Waals surface area contributed by atoms with Gasteiger partial charge in [0.25, 0.3) is 5.91 Å². The molecule has 0 aromatic heterocycles. The van der Waals surface area contributed by atoms with Gasteiger partial charge in [-0.05, 0) is 43.3 Å². The van der Waals surface area contributed by atoms with Crippen molar-refractivity contribution in [1.82, 2.24) is 0 Å². The summed E-state index contributed by atoms with van der Waals surface area (Å²) in [5.74, 6) is -1.22. The van der Waals surface area contributed by atoms with Crippen LogP contribution in [0.5, 0.6) is 0 Å². The van der Waals surface area contributed by atoms with E-state index in [4.69, 9.17) is 4.74 Å². The minimum atomic E-state index is -1.15. The van der Waals surface area contributed by atoms with Crippen LogP contribution in [0.4, 0.5) is 11.4 Å². The van der Waals surface area contributed by atoms with E-state index in [2.05, 4.69) is 5.32 Å². The second kappa shape index (κ2) is 9.71. The fourth-order valence-corrected chi connectivity index (χ4v) is 3.00. The lowest BCUT2D eigenvalue weighted by molar-refractivity contribution is -0.125. The number of nitrogens with one attached hydrogen (secondary N) is 1. The molecule has 1 N–H and O–H groups in total. The van der Waals surface area contributed by atoms with Gasteiger partial charge in [-0.3, -0.25) is 9.59 Å². The minimum absolute atomic E-state index is 0.108. The monoisotopic (exact) mass is 416 g/mol. The van der Waals surface area contributed by atoms with Gasteiger partial charge in [-0.25, -0.2) is 4.79 Å². The van der Waals surface area contributed by atoms with E-state index in [1.807, 2.05) is 25.1 Å². The largest absolute Gasteiger partial charge is 0.444 e. The van der Waals surface area contributed by atoms with E-state index in [9.17, 15) is 14.4 Å². The molecule has 0 saturated heterocycles. The summed E-state index contributed by atoms with van der Waals surface area (Å²) in [6.07, 6.45) is -1.15. The van der Waals surface area contributed by atoms with Gasteiger partial charge in [-0.15, -0.1) is 0 Å². The van der Waals surface area contributed by atoms with Gasteiger partial charge in [0.15, 0.2) is 5.78 Å². The highest BCUT2D eigenvalue weighted by Gasteiger charge is 2.26. The zero-order valence-corrected chi connectivity index (χ0v) is 17.7. The van der Waals surface area contributed by atoms with Gasteiger partial charge in [0.2, 0.25) is 6.10 Å². The molecule has 0 saturated carbocycles. The minimum Gasteiger partial charge on any atom is -0.444 e. The molecule has 0 radical (unpaired) electrons. The summed E-state index contributed by atoms with van der Waals surface area (Å²) < 4.78 is 5.60. The predicted molar refractivity (Wildman–Crippen MR) is 120 cm³/mol. The number of esters is 1. The quantitative estimate of drug-likeness (QED) is 0.454. The number of hydrogen-bond acceptors (Lipinski definition) is 5. The maximum Gasteiger partial charge on any atom is 0.339 e. The average molecular weight is 416 g/mol. The number of anilines is 2. The highest BCUT2D eigenvalue weighted by atomic mass is 16.5. The van der Waals surface area contributed by atoms with Crippen molar-refractivity contribution >= 4 is 29.0 Å². The van der Waals surface area contributed by atoms with Gasteiger partial charge in [0, 0.05) is 36.6 Å². The molecular weight excluding hydrogens is 392 g/mol. The summed E-state index contributed by atoms with van der Waals surface area (Å²) in [5.41, 5.74) is 2.76. The molecule has 6 nitrogen and oxygen atoms in total. The number of nitrogens with zero attached hydrogens (tertiary/aromatic N) is 1. The van der Waals surface area contributed by atoms with Crippen LogP contribution in [-0.4, -0.2) is 31.8 Å². The van der Waals surface area contributed by atoms with Crippen molar-refractivity contribution < 1.29 is 19.1 Å². The Morgan fingerprint density at radius 2 is 1.52 bits per heavy atom. The predicted octanol–water partition coefficient (Wildman–Crippen LogP) is 4.49. The lowest BCUT2D eigenvalue weighted by Gasteiger charge is -2.19. The van der Waals surface area contributed by atoms with Gasteiger partial charge in [-0.2, -0.15) is 0 Å². The number of amides is 1. The Kier molecular flexibility index (Phi) is 6.82. The lowest BCUT2D eigenvalue weighted by Crippen LogP contribution is -2.26. The number of Topliss-reactive ketones (excluding diaryl/α,β-unsaturated/α-hetero) is 1. The van der Waals surface area contributed by atoms with Crippen LogP contribution in [0.15, 0.2) is 78.9 Å². The number of benzene rings is 3. The molecule has 0 aliphatic carbocycles. The SMILES string of the molecule is CC(=O)c1cccc(NC(=O)[C@@H](OC(=O)c2ccc(N(C)C)cc2)c2ccccc2)c1. The standard InChI is InChI=1S/C25H24N2O4/c1-17(28)20-10-7-11-21(16-20)26-24(29)23(18-8-5-4-6-9-18)31-25(30)19-12-14-22(15-13-19)27(2)3/h4-16,23H,1-3H3,(H,26,29)/t23-/m0/s1.